The highest BCUT2D eigenvalue weighted by Gasteiger charge is 2.02. The molecule has 0 aliphatic carbocycles. The minimum absolute atomic E-state index is 0.714. The molecule has 0 saturated heterocycles. The Hall–Kier alpha value is -1.41. The lowest BCUT2D eigenvalue weighted by molar-refractivity contribution is 0.337. The topological polar surface area (TPSA) is 9.23 Å². The van der Waals surface area contributed by atoms with Crippen molar-refractivity contribution in [2.45, 2.75) is 30.6 Å². The zero-order valence-corrected chi connectivity index (χ0v) is 11.9. The Morgan fingerprint density at radius 3 is 2.22 bits per heavy atom. The first kappa shape index (κ1) is 13.0. The number of rotatable bonds is 4. The lowest BCUT2D eigenvalue weighted by atomic mass is 10.2. The predicted octanol–water partition coefficient (Wildman–Crippen LogP) is 4.85. The van der Waals surface area contributed by atoms with Crippen LogP contribution in [0, 0.1) is 13.8 Å². The molecule has 0 aliphatic heterocycles. The lowest BCUT2D eigenvalue weighted by Crippen LogP contribution is -1.93. The van der Waals surface area contributed by atoms with Gasteiger partial charge in [-0.3, -0.25) is 0 Å². The molecule has 0 unspecified atom stereocenters. The van der Waals surface area contributed by atoms with Crippen LogP contribution in [0.5, 0.6) is 5.75 Å². The Morgan fingerprint density at radius 2 is 1.61 bits per heavy atom. The molecule has 2 rings (SSSR count). The van der Waals surface area contributed by atoms with Crippen molar-refractivity contribution in [2.75, 3.05) is 6.61 Å². The van der Waals surface area contributed by atoms with Crippen molar-refractivity contribution in [3.8, 4) is 5.75 Å². The van der Waals surface area contributed by atoms with Crippen LogP contribution < -0.4 is 4.74 Å². The molecule has 0 amide bonds. The highest BCUT2D eigenvalue weighted by atomic mass is 32.2. The van der Waals surface area contributed by atoms with E-state index in [2.05, 4.69) is 56.3 Å². The second-order valence-corrected chi connectivity index (χ2v) is 5.42. The van der Waals surface area contributed by atoms with Gasteiger partial charge in [0.1, 0.15) is 5.75 Å². The van der Waals surface area contributed by atoms with E-state index in [0.29, 0.717) is 6.61 Å². The third-order valence-electron chi connectivity index (χ3n) is 2.70. The number of aryl methyl sites for hydroxylation is 2. The molecule has 0 radical (unpaired) electrons. The van der Waals surface area contributed by atoms with Gasteiger partial charge in [-0.05, 0) is 56.7 Å². The number of hydrogen-bond acceptors (Lipinski definition) is 2. The number of ether oxygens (including phenoxy) is 1. The van der Waals surface area contributed by atoms with E-state index >= 15 is 0 Å². The maximum atomic E-state index is 5.55. The summed E-state index contributed by atoms with van der Waals surface area (Å²) in [5, 5.41) is 0. The van der Waals surface area contributed by atoms with Gasteiger partial charge in [0.15, 0.2) is 0 Å². The highest BCUT2D eigenvalue weighted by molar-refractivity contribution is 7.99. The summed E-state index contributed by atoms with van der Waals surface area (Å²) >= 11 is 1.78. The molecule has 0 fully saturated rings. The second-order valence-electron chi connectivity index (χ2n) is 4.28. The van der Waals surface area contributed by atoms with Crippen LogP contribution in [0.25, 0.3) is 0 Å². The van der Waals surface area contributed by atoms with Gasteiger partial charge in [0.2, 0.25) is 0 Å². The summed E-state index contributed by atoms with van der Waals surface area (Å²) in [6.07, 6.45) is 0. The predicted molar refractivity (Wildman–Crippen MR) is 77.7 cm³/mol. The number of hydrogen-bond donors (Lipinski definition) is 0. The van der Waals surface area contributed by atoms with Crippen molar-refractivity contribution in [1.29, 1.82) is 0 Å². The molecule has 2 aromatic rings. The molecular formula is C16H18OS. The first-order valence-electron chi connectivity index (χ1n) is 6.17. The minimum Gasteiger partial charge on any atom is -0.494 e. The van der Waals surface area contributed by atoms with Crippen LogP contribution in [0.4, 0.5) is 0 Å². The Bertz CT molecular complexity index is 517. The molecule has 0 heterocycles. The van der Waals surface area contributed by atoms with Crippen LogP contribution in [0.1, 0.15) is 18.1 Å². The summed E-state index contributed by atoms with van der Waals surface area (Å²) in [6.45, 7) is 6.92. The van der Waals surface area contributed by atoms with E-state index in [1.807, 2.05) is 6.92 Å². The second kappa shape index (κ2) is 5.96. The zero-order valence-electron chi connectivity index (χ0n) is 11.1. The van der Waals surface area contributed by atoms with Gasteiger partial charge >= 0.3 is 0 Å². The lowest BCUT2D eigenvalue weighted by Gasteiger charge is -2.09. The van der Waals surface area contributed by atoms with Crippen molar-refractivity contribution < 1.29 is 4.74 Å². The molecular weight excluding hydrogens is 240 g/mol. The van der Waals surface area contributed by atoms with Crippen LogP contribution in [0.2, 0.25) is 0 Å². The average molecular weight is 258 g/mol. The van der Waals surface area contributed by atoms with Gasteiger partial charge in [-0.1, -0.05) is 29.5 Å². The molecule has 18 heavy (non-hydrogen) atoms. The molecule has 2 heteroatoms. The van der Waals surface area contributed by atoms with E-state index in [4.69, 9.17) is 4.74 Å². The summed E-state index contributed by atoms with van der Waals surface area (Å²) in [4.78, 5) is 2.52. The standard InChI is InChI=1S/C16H18OS/c1-4-17-16-10-9-15(11-13(16)3)18-14-7-5-12(2)6-8-14/h5-11H,4H2,1-3H3. The van der Waals surface area contributed by atoms with Crippen molar-refractivity contribution in [2.24, 2.45) is 0 Å². The Kier molecular flexibility index (Phi) is 4.32. The van der Waals surface area contributed by atoms with E-state index in [0.717, 1.165) is 5.75 Å². The summed E-state index contributed by atoms with van der Waals surface area (Å²) < 4.78 is 5.55. The van der Waals surface area contributed by atoms with Crippen LogP contribution in [-0.2, 0) is 0 Å². The Balaban J connectivity index is 2.14. The zero-order chi connectivity index (χ0) is 13.0. The fourth-order valence-corrected chi connectivity index (χ4v) is 2.66. The van der Waals surface area contributed by atoms with Crippen LogP contribution in [0.3, 0.4) is 0 Å². The van der Waals surface area contributed by atoms with Crippen LogP contribution >= 0.6 is 11.8 Å². The molecule has 0 atom stereocenters. The SMILES string of the molecule is CCOc1ccc(Sc2ccc(C)cc2)cc1C. The van der Waals surface area contributed by atoms with Crippen molar-refractivity contribution in [3.05, 3.63) is 53.6 Å². The minimum atomic E-state index is 0.714. The first-order chi connectivity index (χ1) is 8.69. The highest BCUT2D eigenvalue weighted by Crippen LogP contribution is 2.31. The van der Waals surface area contributed by atoms with Gasteiger partial charge in [-0.2, -0.15) is 0 Å². The van der Waals surface area contributed by atoms with E-state index in [-0.39, 0.29) is 0 Å². The van der Waals surface area contributed by atoms with Gasteiger partial charge in [-0.15, -0.1) is 0 Å². The normalized spacial score (nSPS) is 10.4. The van der Waals surface area contributed by atoms with Gasteiger partial charge in [0.05, 0.1) is 6.61 Å². The van der Waals surface area contributed by atoms with E-state index in [1.165, 1.54) is 20.9 Å². The Labute approximate surface area is 113 Å². The monoisotopic (exact) mass is 258 g/mol. The van der Waals surface area contributed by atoms with Crippen LogP contribution in [0.15, 0.2) is 52.3 Å². The first-order valence-corrected chi connectivity index (χ1v) is 6.98. The molecule has 1 nitrogen and oxygen atoms in total. The van der Waals surface area contributed by atoms with Crippen LogP contribution in [-0.4, -0.2) is 6.61 Å². The maximum Gasteiger partial charge on any atom is 0.122 e. The van der Waals surface area contributed by atoms with Gasteiger partial charge in [0, 0.05) is 9.79 Å². The van der Waals surface area contributed by atoms with Gasteiger partial charge in [0.25, 0.3) is 0 Å². The summed E-state index contributed by atoms with van der Waals surface area (Å²) in [7, 11) is 0. The summed E-state index contributed by atoms with van der Waals surface area (Å²) in [6, 6.07) is 14.9. The largest absolute Gasteiger partial charge is 0.494 e. The van der Waals surface area contributed by atoms with E-state index in [9.17, 15) is 0 Å². The third kappa shape index (κ3) is 3.30. The third-order valence-corrected chi connectivity index (χ3v) is 3.70. The Morgan fingerprint density at radius 1 is 0.944 bits per heavy atom. The molecule has 0 N–H and O–H groups in total. The fourth-order valence-electron chi connectivity index (χ4n) is 1.75. The fraction of sp³-hybridized carbons (Fsp3) is 0.250. The molecule has 94 valence electrons. The molecule has 2 aromatic carbocycles. The maximum absolute atomic E-state index is 5.55. The molecule has 0 saturated carbocycles. The molecule has 0 aromatic heterocycles. The van der Waals surface area contributed by atoms with Crippen molar-refractivity contribution in [1.82, 2.24) is 0 Å². The molecule has 0 bridgehead atoms. The average Bonchev–Trinajstić information content (AvgIpc) is 2.36. The van der Waals surface area contributed by atoms with Gasteiger partial charge in [-0.25, -0.2) is 0 Å². The number of benzene rings is 2. The van der Waals surface area contributed by atoms with E-state index in [1.54, 1.807) is 11.8 Å². The summed E-state index contributed by atoms with van der Waals surface area (Å²) in [5.41, 5.74) is 2.48. The van der Waals surface area contributed by atoms with Crippen molar-refractivity contribution in [3.63, 3.8) is 0 Å². The van der Waals surface area contributed by atoms with Gasteiger partial charge < -0.3 is 4.74 Å². The molecule has 0 aliphatic rings. The van der Waals surface area contributed by atoms with E-state index < -0.39 is 0 Å². The molecule has 0 spiro atoms. The van der Waals surface area contributed by atoms with Crippen molar-refractivity contribution >= 4 is 11.8 Å². The quantitative estimate of drug-likeness (QED) is 0.775. The smallest absolute Gasteiger partial charge is 0.122 e. The summed E-state index contributed by atoms with van der Waals surface area (Å²) in [5.74, 6) is 0.978.